The topological polar surface area (TPSA) is 94.6 Å². The van der Waals surface area contributed by atoms with Crippen LogP contribution in [-0.4, -0.2) is 19.5 Å². The Morgan fingerprint density at radius 3 is 2.79 bits per heavy atom. The second-order valence-corrected chi connectivity index (χ2v) is 8.24. The molecule has 1 atom stereocenters. The van der Waals surface area contributed by atoms with Crippen LogP contribution in [0.15, 0.2) is 47.6 Å². The maximum atomic E-state index is 13.0. The number of hydrogen-bond acceptors (Lipinski definition) is 6. The van der Waals surface area contributed by atoms with Crippen molar-refractivity contribution in [2.24, 2.45) is 11.1 Å². The molecule has 3 rings (SSSR count). The first kappa shape index (κ1) is 20.8. The fourth-order valence-electron chi connectivity index (χ4n) is 3.81. The Kier molecular flexibility index (Phi) is 5.63. The van der Waals surface area contributed by atoms with Crippen LogP contribution in [0.1, 0.15) is 38.2 Å². The van der Waals surface area contributed by atoms with E-state index in [0.29, 0.717) is 46.3 Å². The molecule has 0 saturated heterocycles. The van der Waals surface area contributed by atoms with Crippen LogP contribution < -0.4 is 15.2 Å². The molecule has 0 radical (unpaired) electrons. The molecule has 7 heteroatoms. The Morgan fingerprint density at radius 2 is 2.17 bits per heavy atom. The van der Waals surface area contributed by atoms with Gasteiger partial charge in [-0.1, -0.05) is 38.1 Å². The summed E-state index contributed by atoms with van der Waals surface area (Å²) in [6, 6.07) is 5.48. The molecule has 6 nitrogen and oxygen atoms in total. The largest absolute Gasteiger partial charge is 0.493 e. The van der Waals surface area contributed by atoms with Crippen molar-refractivity contribution in [1.82, 2.24) is 0 Å². The number of nitriles is 1. The summed E-state index contributed by atoms with van der Waals surface area (Å²) in [7, 11) is 1.49. The van der Waals surface area contributed by atoms with Gasteiger partial charge in [0, 0.05) is 18.4 Å². The summed E-state index contributed by atoms with van der Waals surface area (Å²) >= 11 is 6.45. The quantitative estimate of drug-likeness (QED) is 0.719. The molecule has 2 N–H and O–H groups in total. The highest BCUT2D eigenvalue weighted by atomic mass is 35.5. The molecule has 0 aromatic heterocycles. The highest BCUT2D eigenvalue weighted by Crippen LogP contribution is 2.49. The predicted octanol–water partition coefficient (Wildman–Crippen LogP) is 4.36. The molecule has 29 heavy (non-hydrogen) atoms. The van der Waals surface area contributed by atoms with Crippen LogP contribution in [-0.2, 0) is 9.53 Å². The van der Waals surface area contributed by atoms with E-state index in [9.17, 15) is 10.1 Å². The van der Waals surface area contributed by atoms with E-state index in [-0.39, 0.29) is 29.3 Å². The lowest BCUT2D eigenvalue weighted by Gasteiger charge is -2.37. The monoisotopic (exact) mass is 414 g/mol. The van der Waals surface area contributed by atoms with Gasteiger partial charge in [-0.15, -0.1) is 0 Å². The zero-order valence-corrected chi connectivity index (χ0v) is 17.4. The standard InChI is InChI=1S/C22H23ClN2O4/c1-5-6-28-20-14(23)7-12(8-16(20)27-4)18-13(11-24)21(25)29-17-10-22(2,3)9-15(26)19(17)18/h5,7-8,18H,1,6,9-10,25H2,2-4H3. The van der Waals surface area contributed by atoms with E-state index in [0.717, 1.165) is 0 Å². The number of nitrogens with two attached hydrogens (primary N) is 1. The number of ether oxygens (including phenoxy) is 3. The van der Waals surface area contributed by atoms with Crippen molar-refractivity contribution in [3.8, 4) is 17.6 Å². The number of carbonyl (C=O) groups is 1. The van der Waals surface area contributed by atoms with Crippen molar-refractivity contribution in [3.63, 3.8) is 0 Å². The van der Waals surface area contributed by atoms with E-state index in [1.807, 2.05) is 13.8 Å². The fraction of sp³-hybridized carbons (Fsp3) is 0.364. The third-order valence-corrected chi connectivity index (χ3v) is 5.29. The average Bonchev–Trinajstić information content (AvgIpc) is 2.64. The van der Waals surface area contributed by atoms with E-state index in [1.165, 1.54) is 7.11 Å². The Labute approximate surface area is 175 Å². The second kappa shape index (κ2) is 7.84. The number of rotatable bonds is 5. The van der Waals surface area contributed by atoms with Crippen LogP contribution in [0.3, 0.4) is 0 Å². The Morgan fingerprint density at radius 1 is 1.45 bits per heavy atom. The van der Waals surface area contributed by atoms with Crippen molar-refractivity contribution in [2.75, 3.05) is 13.7 Å². The minimum absolute atomic E-state index is 0.00354. The molecule has 0 amide bonds. The molecule has 1 heterocycles. The lowest BCUT2D eigenvalue weighted by atomic mass is 9.70. The van der Waals surface area contributed by atoms with Crippen LogP contribution >= 0.6 is 11.6 Å². The number of carbonyl (C=O) groups excluding carboxylic acids is 1. The minimum atomic E-state index is -0.674. The number of halogens is 1. The van der Waals surface area contributed by atoms with Gasteiger partial charge in [-0.25, -0.2) is 0 Å². The SMILES string of the molecule is C=CCOc1c(Cl)cc(C2C(C#N)=C(N)OC3=C2C(=O)CC(C)(C)C3)cc1OC. The second-order valence-electron chi connectivity index (χ2n) is 7.84. The Balaban J connectivity index is 2.18. The molecule has 0 bridgehead atoms. The first-order valence-corrected chi connectivity index (χ1v) is 9.55. The number of allylic oxidation sites excluding steroid dienone is 3. The molecule has 0 spiro atoms. The molecule has 2 aliphatic rings. The molecule has 152 valence electrons. The van der Waals surface area contributed by atoms with Crippen molar-refractivity contribution >= 4 is 17.4 Å². The summed E-state index contributed by atoms with van der Waals surface area (Å²) in [4.78, 5) is 13.0. The lowest BCUT2D eigenvalue weighted by molar-refractivity contribution is -0.119. The zero-order valence-electron chi connectivity index (χ0n) is 16.7. The smallest absolute Gasteiger partial charge is 0.205 e. The Bertz CT molecular complexity index is 985. The van der Waals surface area contributed by atoms with Crippen molar-refractivity contribution in [1.29, 1.82) is 5.26 Å². The molecular weight excluding hydrogens is 392 g/mol. The van der Waals surface area contributed by atoms with E-state index in [2.05, 4.69) is 12.6 Å². The van der Waals surface area contributed by atoms with E-state index in [4.69, 9.17) is 31.5 Å². The molecule has 1 aliphatic heterocycles. The number of ketones is 1. The van der Waals surface area contributed by atoms with Crippen LogP contribution in [0.2, 0.25) is 5.02 Å². The van der Waals surface area contributed by atoms with Gasteiger partial charge in [-0.05, 0) is 23.1 Å². The number of Topliss-reactive ketones (excluding diaryl/α,β-unsaturated/α-hetero) is 1. The van der Waals surface area contributed by atoms with Gasteiger partial charge in [0.1, 0.15) is 24.0 Å². The summed E-state index contributed by atoms with van der Waals surface area (Å²) in [6.45, 7) is 7.88. The van der Waals surface area contributed by atoms with Crippen LogP contribution in [0, 0.1) is 16.7 Å². The molecule has 1 unspecified atom stereocenters. The van der Waals surface area contributed by atoms with Gasteiger partial charge in [0.15, 0.2) is 17.3 Å². The first-order chi connectivity index (χ1) is 13.7. The van der Waals surface area contributed by atoms with Gasteiger partial charge in [0.25, 0.3) is 0 Å². The van der Waals surface area contributed by atoms with Crippen molar-refractivity contribution in [2.45, 2.75) is 32.6 Å². The number of benzene rings is 1. The van der Waals surface area contributed by atoms with Gasteiger partial charge in [0.2, 0.25) is 5.88 Å². The normalized spacial score (nSPS) is 20.5. The number of hydrogen-bond donors (Lipinski definition) is 1. The number of methoxy groups -OCH3 is 1. The van der Waals surface area contributed by atoms with Gasteiger partial charge < -0.3 is 19.9 Å². The highest BCUT2D eigenvalue weighted by Gasteiger charge is 2.43. The summed E-state index contributed by atoms with van der Waals surface area (Å²) in [5.41, 5.74) is 7.04. The summed E-state index contributed by atoms with van der Waals surface area (Å²) in [5.74, 6) is 0.530. The van der Waals surface area contributed by atoms with Gasteiger partial charge in [-0.3, -0.25) is 4.79 Å². The molecular formula is C22H23ClN2O4. The third-order valence-electron chi connectivity index (χ3n) is 5.01. The van der Waals surface area contributed by atoms with Gasteiger partial charge >= 0.3 is 0 Å². The number of nitrogens with zero attached hydrogens (tertiary/aromatic N) is 1. The van der Waals surface area contributed by atoms with E-state index in [1.54, 1.807) is 18.2 Å². The first-order valence-electron chi connectivity index (χ1n) is 9.17. The maximum Gasteiger partial charge on any atom is 0.205 e. The fourth-order valence-corrected chi connectivity index (χ4v) is 4.08. The third kappa shape index (κ3) is 3.83. The summed E-state index contributed by atoms with van der Waals surface area (Å²) < 4.78 is 16.7. The molecule has 1 aromatic rings. The summed E-state index contributed by atoms with van der Waals surface area (Å²) in [5, 5.41) is 10.0. The Hall–Kier alpha value is -2.91. The molecule has 1 aromatic carbocycles. The predicted molar refractivity (Wildman–Crippen MR) is 109 cm³/mol. The highest BCUT2D eigenvalue weighted by molar-refractivity contribution is 6.32. The van der Waals surface area contributed by atoms with Crippen molar-refractivity contribution in [3.05, 3.63) is 58.2 Å². The molecule has 0 fully saturated rings. The summed E-state index contributed by atoms with van der Waals surface area (Å²) in [6.07, 6.45) is 2.50. The molecule has 0 saturated carbocycles. The average molecular weight is 415 g/mol. The van der Waals surface area contributed by atoms with E-state index < -0.39 is 5.92 Å². The van der Waals surface area contributed by atoms with Crippen LogP contribution in [0.5, 0.6) is 11.5 Å². The molecule has 1 aliphatic carbocycles. The van der Waals surface area contributed by atoms with Gasteiger partial charge in [0.05, 0.1) is 18.1 Å². The maximum absolute atomic E-state index is 13.0. The van der Waals surface area contributed by atoms with E-state index >= 15 is 0 Å². The van der Waals surface area contributed by atoms with Crippen molar-refractivity contribution < 1.29 is 19.0 Å². The minimum Gasteiger partial charge on any atom is -0.493 e. The van der Waals surface area contributed by atoms with Gasteiger partial charge in [-0.2, -0.15) is 5.26 Å². The zero-order chi connectivity index (χ0) is 21.3. The van der Waals surface area contributed by atoms with Crippen LogP contribution in [0.4, 0.5) is 0 Å². The van der Waals surface area contributed by atoms with Crippen LogP contribution in [0.25, 0.3) is 0 Å². The lowest BCUT2D eigenvalue weighted by Crippen LogP contribution is -2.33.